The molecule has 0 saturated heterocycles. The highest BCUT2D eigenvalue weighted by molar-refractivity contribution is 6.03. The Kier molecular flexibility index (Phi) is 6.38. The van der Waals surface area contributed by atoms with E-state index in [1.54, 1.807) is 31.2 Å². The first-order chi connectivity index (χ1) is 14.7. The first-order valence-electron chi connectivity index (χ1n) is 10.1. The molecule has 2 aliphatic rings. The van der Waals surface area contributed by atoms with Gasteiger partial charge in [0.25, 0.3) is 0 Å². The molecule has 1 heterocycles. The molecule has 31 heavy (non-hydrogen) atoms. The maximum Gasteiger partial charge on any atom is 0.344 e. The van der Waals surface area contributed by atoms with Gasteiger partial charge in [0.05, 0.1) is 19.6 Å². The largest absolute Gasteiger partial charge is 0.482 e. The summed E-state index contributed by atoms with van der Waals surface area (Å²) in [6, 6.07) is 6.87. The average Bonchev–Trinajstić information content (AvgIpc) is 2.70. The van der Waals surface area contributed by atoms with Crippen LogP contribution in [0, 0.1) is 5.41 Å². The second kappa shape index (κ2) is 8.83. The number of carbonyl (C=O) groups is 3. The molecule has 8 nitrogen and oxygen atoms in total. The number of ether oxygens (including phenoxy) is 4. The molecule has 0 saturated carbocycles. The normalized spacial score (nSPS) is 20.0. The highest BCUT2D eigenvalue weighted by atomic mass is 16.6. The fourth-order valence-corrected chi connectivity index (χ4v) is 3.99. The lowest BCUT2D eigenvalue weighted by Gasteiger charge is -2.38. The maximum absolute atomic E-state index is 13.2. The molecule has 1 aromatic carbocycles. The van der Waals surface area contributed by atoms with Crippen LogP contribution in [-0.2, 0) is 28.6 Å². The van der Waals surface area contributed by atoms with Gasteiger partial charge in [-0.3, -0.25) is 4.79 Å². The van der Waals surface area contributed by atoms with Crippen molar-refractivity contribution in [1.82, 2.24) is 0 Å². The smallest absolute Gasteiger partial charge is 0.344 e. The van der Waals surface area contributed by atoms with E-state index in [-0.39, 0.29) is 35.9 Å². The highest BCUT2D eigenvalue weighted by Crippen LogP contribution is 2.49. The van der Waals surface area contributed by atoms with Crippen molar-refractivity contribution in [2.24, 2.45) is 11.1 Å². The van der Waals surface area contributed by atoms with Crippen LogP contribution in [0.3, 0.4) is 0 Å². The quantitative estimate of drug-likeness (QED) is 0.687. The molecular formula is C23H27NO7. The lowest BCUT2D eigenvalue weighted by molar-refractivity contribution is -0.145. The first kappa shape index (κ1) is 22.4. The molecule has 0 spiro atoms. The Bertz CT molecular complexity index is 974. The summed E-state index contributed by atoms with van der Waals surface area (Å²) in [6.45, 7) is 5.57. The van der Waals surface area contributed by atoms with Crippen molar-refractivity contribution in [1.29, 1.82) is 0 Å². The predicted molar refractivity (Wildman–Crippen MR) is 111 cm³/mol. The summed E-state index contributed by atoms with van der Waals surface area (Å²) < 4.78 is 21.3. The first-order valence-corrected chi connectivity index (χ1v) is 10.1. The Morgan fingerprint density at radius 3 is 2.61 bits per heavy atom. The number of ketones is 1. The van der Waals surface area contributed by atoms with E-state index >= 15 is 0 Å². The van der Waals surface area contributed by atoms with Gasteiger partial charge in [0, 0.05) is 24.0 Å². The molecule has 0 amide bonds. The third-order valence-corrected chi connectivity index (χ3v) is 5.24. The van der Waals surface area contributed by atoms with Crippen LogP contribution in [0.15, 0.2) is 47.1 Å². The van der Waals surface area contributed by atoms with Crippen molar-refractivity contribution in [3.8, 4) is 5.75 Å². The van der Waals surface area contributed by atoms with E-state index in [1.165, 1.54) is 7.11 Å². The molecule has 1 aromatic rings. The third kappa shape index (κ3) is 4.57. The summed E-state index contributed by atoms with van der Waals surface area (Å²) in [6.07, 6.45) is 0.789. The third-order valence-electron chi connectivity index (χ3n) is 5.24. The van der Waals surface area contributed by atoms with Gasteiger partial charge >= 0.3 is 11.9 Å². The minimum Gasteiger partial charge on any atom is -0.482 e. The maximum atomic E-state index is 13.2. The molecule has 0 radical (unpaired) electrons. The van der Waals surface area contributed by atoms with Crippen molar-refractivity contribution in [2.75, 3.05) is 20.3 Å². The van der Waals surface area contributed by atoms with Crippen LogP contribution in [0.4, 0.5) is 0 Å². The Labute approximate surface area is 181 Å². The summed E-state index contributed by atoms with van der Waals surface area (Å²) in [5, 5.41) is 0. The molecule has 0 unspecified atom stereocenters. The van der Waals surface area contributed by atoms with Crippen LogP contribution < -0.4 is 10.5 Å². The zero-order valence-corrected chi connectivity index (χ0v) is 18.2. The summed E-state index contributed by atoms with van der Waals surface area (Å²) in [5.41, 5.74) is 6.73. The van der Waals surface area contributed by atoms with Gasteiger partial charge in [0.15, 0.2) is 12.4 Å². The van der Waals surface area contributed by atoms with E-state index in [0.29, 0.717) is 35.5 Å². The standard InChI is InChI=1S/C23H27NO7/c1-5-29-17(26)12-30-15-9-7-6-8-13(15)18-19-14(25)10-23(2,3)11-16(19)31-21(24)20(18)22(27)28-4/h6-9,18H,5,10-12,24H2,1-4H3/t18-/m0/s1. The molecule has 2 N–H and O–H groups in total. The zero-order valence-electron chi connectivity index (χ0n) is 18.2. The second-order valence-corrected chi connectivity index (χ2v) is 8.21. The zero-order chi connectivity index (χ0) is 22.8. The molecule has 1 aliphatic carbocycles. The molecular weight excluding hydrogens is 402 g/mol. The Morgan fingerprint density at radius 1 is 1.23 bits per heavy atom. The average molecular weight is 429 g/mol. The van der Waals surface area contributed by atoms with Crippen LogP contribution in [0.1, 0.15) is 45.1 Å². The molecule has 0 bridgehead atoms. The fourth-order valence-electron chi connectivity index (χ4n) is 3.99. The van der Waals surface area contributed by atoms with E-state index in [9.17, 15) is 14.4 Å². The van der Waals surface area contributed by atoms with Crippen molar-refractivity contribution in [3.05, 3.63) is 52.6 Å². The number of esters is 2. The van der Waals surface area contributed by atoms with Gasteiger partial charge in [-0.25, -0.2) is 9.59 Å². The van der Waals surface area contributed by atoms with Crippen molar-refractivity contribution in [2.45, 2.75) is 39.5 Å². The molecule has 1 atom stereocenters. The number of allylic oxidation sites excluding steroid dienone is 2. The van der Waals surface area contributed by atoms with Gasteiger partial charge in [-0.05, 0) is 18.4 Å². The van der Waals surface area contributed by atoms with Crippen molar-refractivity contribution < 1.29 is 33.3 Å². The number of para-hydroxylation sites is 1. The molecule has 1 aliphatic heterocycles. The lowest BCUT2D eigenvalue weighted by atomic mass is 9.70. The number of carbonyl (C=O) groups excluding carboxylic acids is 3. The Balaban J connectivity index is 2.12. The summed E-state index contributed by atoms with van der Waals surface area (Å²) in [4.78, 5) is 37.6. The van der Waals surface area contributed by atoms with E-state index in [2.05, 4.69) is 0 Å². The summed E-state index contributed by atoms with van der Waals surface area (Å²) in [5.74, 6) is -1.53. The van der Waals surface area contributed by atoms with Crippen LogP contribution in [-0.4, -0.2) is 38.0 Å². The Morgan fingerprint density at radius 2 is 1.94 bits per heavy atom. The summed E-state index contributed by atoms with van der Waals surface area (Å²) >= 11 is 0. The lowest BCUT2D eigenvalue weighted by Crippen LogP contribution is -2.35. The van der Waals surface area contributed by atoms with Crippen LogP contribution in [0.2, 0.25) is 0 Å². The number of benzene rings is 1. The minimum absolute atomic E-state index is 0.0292. The Hall–Kier alpha value is -3.29. The van der Waals surface area contributed by atoms with E-state index < -0.39 is 17.9 Å². The van der Waals surface area contributed by atoms with Gasteiger partial charge in [0.1, 0.15) is 17.1 Å². The summed E-state index contributed by atoms with van der Waals surface area (Å²) in [7, 11) is 1.23. The number of rotatable bonds is 6. The van der Waals surface area contributed by atoms with Gasteiger partial charge in [-0.2, -0.15) is 0 Å². The van der Waals surface area contributed by atoms with E-state index in [4.69, 9.17) is 24.7 Å². The van der Waals surface area contributed by atoms with Gasteiger partial charge in [-0.1, -0.05) is 32.0 Å². The highest BCUT2D eigenvalue weighted by Gasteiger charge is 2.45. The molecule has 166 valence electrons. The van der Waals surface area contributed by atoms with Crippen molar-refractivity contribution in [3.63, 3.8) is 0 Å². The topological polar surface area (TPSA) is 114 Å². The number of Topliss-reactive ketones (excluding diaryl/α,β-unsaturated/α-hetero) is 1. The van der Waals surface area contributed by atoms with Gasteiger partial charge in [-0.15, -0.1) is 0 Å². The fraction of sp³-hybridized carbons (Fsp3) is 0.435. The number of nitrogens with two attached hydrogens (primary N) is 1. The van der Waals surface area contributed by atoms with Gasteiger partial charge in [0.2, 0.25) is 5.88 Å². The SMILES string of the molecule is CCOC(=O)COc1ccccc1[C@@H]1C(C(=O)OC)=C(N)OC2=C1C(=O)CC(C)(C)C2. The number of hydrogen-bond donors (Lipinski definition) is 1. The van der Waals surface area contributed by atoms with Gasteiger partial charge < -0.3 is 24.7 Å². The molecule has 8 heteroatoms. The van der Waals surface area contributed by atoms with Crippen LogP contribution >= 0.6 is 0 Å². The van der Waals surface area contributed by atoms with Crippen LogP contribution in [0.25, 0.3) is 0 Å². The van der Waals surface area contributed by atoms with E-state index in [0.717, 1.165) is 0 Å². The van der Waals surface area contributed by atoms with E-state index in [1.807, 2.05) is 13.8 Å². The number of hydrogen-bond acceptors (Lipinski definition) is 8. The van der Waals surface area contributed by atoms with Crippen LogP contribution in [0.5, 0.6) is 5.75 Å². The molecule has 0 aromatic heterocycles. The van der Waals surface area contributed by atoms with Crippen molar-refractivity contribution >= 4 is 17.7 Å². The monoisotopic (exact) mass is 429 g/mol. The molecule has 0 fully saturated rings. The number of methoxy groups -OCH3 is 1. The molecule has 3 rings (SSSR count). The minimum atomic E-state index is -0.835. The predicted octanol–water partition coefficient (Wildman–Crippen LogP) is 2.73. The second-order valence-electron chi connectivity index (χ2n) is 8.21.